The lowest BCUT2D eigenvalue weighted by atomic mass is 9.94. The molecule has 8 heteroatoms. The van der Waals surface area contributed by atoms with Crippen molar-refractivity contribution >= 4 is 28.7 Å². The van der Waals surface area contributed by atoms with Crippen LogP contribution in [0.25, 0.3) is 22.4 Å². The highest BCUT2D eigenvalue weighted by Gasteiger charge is 2.21. The topological polar surface area (TPSA) is 100 Å². The zero-order valence-electron chi connectivity index (χ0n) is 18.6. The van der Waals surface area contributed by atoms with E-state index >= 15 is 0 Å². The van der Waals surface area contributed by atoms with Crippen molar-refractivity contribution in [1.29, 1.82) is 0 Å². The van der Waals surface area contributed by atoms with Crippen LogP contribution < -0.4 is 10.1 Å². The van der Waals surface area contributed by atoms with E-state index in [1.54, 1.807) is 6.07 Å². The van der Waals surface area contributed by atoms with E-state index in [1.165, 1.54) is 6.92 Å². The molecular formula is C25H25ClN4O3. The molecule has 4 rings (SSSR count). The van der Waals surface area contributed by atoms with Crippen molar-refractivity contribution < 1.29 is 14.6 Å². The second-order valence-electron chi connectivity index (χ2n) is 8.34. The Bertz CT molecular complexity index is 1280. The van der Waals surface area contributed by atoms with Crippen molar-refractivity contribution in [2.45, 2.75) is 32.7 Å². The zero-order valence-corrected chi connectivity index (χ0v) is 19.4. The fourth-order valence-corrected chi connectivity index (χ4v) is 3.93. The molecule has 33 heavy (non-hydrogen) atoms. The van der Waals surface area contributed by atoms with Gasteiger partial charge in [0.1, 0.15) is 5.75 Å². The first-order valence-electron chi connectivity index (χ1n) is 10.6. The van der Waals surface area contributed by atoms with Gasteiger partial charge in [0.2, 0.25) is 5.91 Å². The molecular weight excluding hydrogens is 440 g/mol. The summed E-state index contributed by atoms with van der Waals surface area (Å²) in [6.07, 6.45) is 0.603. The van der Waals surface area contributed by atoms with Crippen LogP contribution in [0, 0.1) is 0 Å². The highest BCUT2D eigenvalue weighted by molar-refractivity contribution is 6.33. The minimum absolute atomic E-state index is 0.0887. The maximum atomic E-state index is 11.4. The number of aliphatic hydroxyl groups is 1. The molecule has 170 valence electrons. The third-order valence-corrected chi connectivity index (χ3v) is 5.60. The Morgan fingerprint density at radius 3 is 2.45 bits per heavy atom. The van der Waals surface area contributed by atoms with E-state index in [1.807, 2.05) is 62.4 Å². The summed E-state index contributed by atoms with van der Waals surface area (Å²) in [4.78, 5) is 23.6. The van der Waals surface area contributed by atoms with E-state index in [-0.39, 0.29) is 12.5 Å². The smallest absolute Gasteiger partial charge is 0.301 e. The first-order valence-corrected chi connectivity index (χ1v) is 11.0. The van der Waals surface area contributed by atoms with Crippen LogP contribution in [-0.4, -0.2) is 32.6 Å². The predicted molar refractivity (Wildman–Crippen MR) is 128 cm³/mol. The highest BCUT2D eigenvalue weighted by Crippen LogP contribution is 2.31. The van der Waals surface area contributed by atoms with Crippen LogP contribution in [0.1, 0.15) is 31.9 Å². The molecule has 0 unspecified atom stereocenters. The molecule has 0 atom stereocenters. The van der Waals surface area contributed by atoms with Gasteiger partial charge in [-0.25, -0.2) is 4.98 Å². The molecule has 0 saturated carbocycles. The van der Waals surface area contributed by atoms with Crippen LogP contribution in [-0.2, 0) is 16.8 Å². The van der Waals surface area contributed by atoms with E-state index in [9.17, 15) is 4.79 Å². The average molecular weight is 465 g/mol. The summed E-state index contributed by atoms with van der Waals surface area (Å²) in [6, 6.07) is 17.3. The van der Waals surface area contributed by atoms with Gasteiger partial charge in [0.15, 0.2) is 5.65 Å². The van der Waals surface area contributed by atoms with Crippen LogP contribution in [0.4, 0.5) is 0 Å². The Morgan fingerprint density at radius 1 is 1.12 bits per heavy atom. The number of imidazole rings is 1. The summed E-state index contributed by atoms with van der Waals surface area (Å²) < 4.78 is 5.88. The number of hydrogen-bond donors (Lipinski definition) is 3. The fourth-order valence-electron chi connectivity index (χ4n) is 3.67. The van der Waals surface area contributed by atoms with Crippen LogP contribution in [0.3, 0.4) is 0 Å². The van der Waals surface area contributed by atoms with Gasteiger partial charge in [0, 0.05) is 19.1 Å². The van der Waals surface area contributed by atoms with Gasteiger partial charge in [0.05, 0.1) is 21.8 Å². The first-order chi connectivity index (χ1) is 15.7. The quantitative estimate of drug-likeness (QED) is 0.358. The van der Waals surface area contributed by atoms with Crippen LogP contribution >= 0.6 is 11.6 Å². The summed E-state index contributed by atoms with van der Waals surface area (Å²) >= 11 is 6.48. The molecule has 0 saturated heterocycles. The number of amides is 1. The Balaban J connectivity index is 1.55. The number of aromatic amines is 1. The Labute approximate surface area is 196 Å². The Hall–Kier alpha value is -3.42. The maximum absolute atomic E-state index is 11.4. The van der Waals surface area contributed by atoms with E-state index in [0.29, 0.717) is 40.1 Å². The van der Waals surface area contributed by atoms with Gasteiger partial charge in [-0.15, -0.1) is 0 Å². The summed E-state index contributed by atoms with van der Waals surface area (Å²) in [6.45, 7) is 5.49. The van der Waals surface area contributed by atoms with Crippen molar-refractivity contribution in [2.24, 2.45) is 0 Å². The molecule has 2 heterocycles. The standard InChI is InChI=1S/C25H25ClN4O3/c1-15(32)30-25(2,3)18-8-10-19(11-9-18)33-24-27-21-14-20(26)22(28-23(21)29-24)17-6-4-16(5-7-17)12-13-31/h4-11,14,31H,12-13H2,1-3H3,(H,30,32)(H,27,28,29). The number of carbonyl (C=O) groups excluding carboxylic acids is 1. The zero-order chi connectivity index (χ0) is 23.6. The van der Waals surface area contributed by atoms with E-state index in [4.69, 9.17) is 21.4 Å². The maximum Gasteiger partial charge on any atom is 0.301 e. The third kappa shape index (κ3) is 5.16. The molecule has 2 aromatic heterocycles. The van der Waals surface area contributed by atoms with E-state index in [2.05, 4.69) is 20.3 Å². The third-order valence-electron chi connectivity index (χ3n) is 5.31. The molecule has 1 amide bonds. The summed E-state index contributed by atoms with van der Waals surface area (Å²) in [5.74, 6) is 0.511. The number of aliphatic hydroxyl groups excluding tert-OH is 1. The number of benzene rings is 2. The number of nitrogens with one attached hydrogen (secondary N) is 2. The number of carbonyl (C=O) groups is 1. The SMILES string of the molecule is CC(=O)NC(C)(C)c1ccc(Oc2nc3nc(-c4ccc(CCO)cc4)c(Cl)cc3[nH]2)cc1. The Kier molecular flexibility index (Phi) is 6.35. The minimum Gasteiger partial charge on any atom is -0.426 e. The average Bonchev–Trinajstić information content (AvgIpc) is 3.14. The van der Waals surface area contributed by atoms with Gasteiger partial charge in [-0.2, -0.15) is 4.98 Å². The lowest BCUT2D eigenvalue weighted by molar-refractivity contribution is -0.120. The van der Waals surface area contributed by atoms with Gasteiger partial charge < -0.3 is 20.1 Å². The summed E-state index contributed by atoms with van der Waals surface area (Å²) in [5.41, 5.74) is 4.16. The van der Waals surface area contributed by atoms with Crippen molar-refractivity contribution in [3.05, 3.63) is 70.7 Å². The molecule has 3 N–H and O–H groups in total. The lowest BCUT2D eigenvalue weighted by Gasteiger charge is -2.26. The van der Waals surface area contributed by atoms with E-state index in [0.717, 1.165) is 16.7 Å². The molecule has 4 aromatic rings. The predicted octanol–water partition coefficient (Wildman–Crippen LogP) is 4.98. The van der Waals surface area contributed by atoms with E-state index < -0.39 is 5.54 Å². The number of aromatic nitrogens is 3. The van der Waals surface area contributed by atoms with Gasteiger partial charge in [-0.05, 0) is 49.6 Å². The molecule has 0 aliphatic carbocycles. The number of rotatable bonds is 7. The molecule has 0 radical (unpaired) electrons. The van der Waals surface area contributed by atoms with Crippen molar-refractivity contribution in [1.82, 2.24) is 20.3 Å². The van der Waals surface area contributed by atoms with Gasteiger partial charge in [0.25, 0.3) is 0 Å². The van der Waals surface area contributed by atoms with Gasteiger partial charge in [-0.1, -0.05) is 48.0 Å². The number of ether oxygens (including phenoxy) is 1. The molecule has 0 aliphatic rings. The molecule has 2 aromatic carbocycles. The largest absolute Gasteiger partial charge is 0.426 e. The Morgan fingerprint density at radius 2 is 1.82 bits per heavy atom. The monoisotopic (exact) mass is 464 g/mol. The second-order valence-corrected chi connectivity index (χ2v) is 8.74. The van der Waals surface area contributed by atoms with Crippen molar-refractivity contribution in [2.75, 3.05) is 6.61 Å². The normalized spacial score (nSPS) is 11.5. The van der Waals surface area contributed by atoms with Crippen LogP contribution in [0.15, 0.2) is 54.6 Å². The molecule has 0 bridgehead atoms. The number of H-pyrrole nitrogens is 1. The molecule has 7 nitrogen and oxygen atoms in total. The summed E-state index contributed by atoms with van der Waals surface area (Å²) in [7, 11) is 0. The molecule has 0 spiro atoms. The molecule has 0 aliphatic heterocycles. The van der Waals surface area contributed by atoms with Gasteiger partial charge >= 0.3 is 6.01 Å². The second kappa shape index (κ2) is 9.21. The number of fused-ring (bicyclic) bond motifs is 1. The molecule has 0 fully saturated rings. The van der Waals surface area contributed by atoms with Crippen LogP contribution in [0.5, 0.6) is 11.8 Å². The number of halogens is 1. The van der Waals surface area contributed by atoms with Gasteiger partial charge in [-0.3, -0.25) is 4.79 Å². The highest BCUT2D eigenvalue weighted by atomic mass is 35.5. The van der Waals surface area contributed by atoms with Crippen molar-refractivity contribution in [3.8, 4) is 23.0 Å². The fraction of sp³-hybridized carbons (Fsp3) is 0.240. The number of hydrogen-bond acceptors (Lipinski definition) is 5. The lowest BCUT2D eigenvalue weighted by Crippen LogP contribution is -2.39. The summed E-state index contributed by atoms with van der Waals surface area (Å²) in [5, 5.41) is 12.5. The van der Waals surface area contributed by atoms with Crippen LogP contribution in [0.2, 0.25) is 5.02 Å². The number of pyridine rings is 1. The minimum atomic E-state index is -0.489. The first kappa shape index (κ1) is 22.8. The van der Waals surface area contributed by atoms with Crippen molar-refractivity contribution in [3.63, 3.8) is 0 Å². The number of nitrogens with zero attached hydrogens (tertiary/aromatic N) is 2.